The van der Waals surface area contributed by atoms with Crippen molar-refractivity contribution in [1.29, 1.82) is 0 Å². The number of rotatable bonds is 7. The van der Waals surface area contributed by atoms with Crippen molar-refractivity contribution in [2.24, 2.45) is 5.92 Å². The topological polar surface area (TPSA) is 55.2 Å². The Kier molecular flexibility index (Phi) is 5.66. The number of hydrogen-bond donors (Lipinski definition) is 1. The van der Waals surface area contributed by atoms with E-state index in [0.29, 0.717) is 12.5 Å². The fourth-order valence-corrected chi connectivity index (χ4v) is 1.75. The Bertz CT molecular complexity index is 451. The van der Waals surface area contributed by atoms with Gasteiger partial charge in [-0.15, -0.1) is 0 Å². The highest BCUT2D eigenvalue weighted by Crippen LogP contribution is 2.29. The number of anilines is 1. The van der Waals surface area contributed by atoms with Gasteiger partial charge in [0, 0.05) is 12.6 Å². The van der Waals surface area contributed by atoms with Crippen LogP contribution in [0.1, 0.15) is 33.1 Å². The van der Waals surface area contributed by atoms with Crippen LogP contribution in [-0.2, 0) is 0 Å². The third-order valence-electron chi connectivity index (χ3n) is 2.78. The van der Waals surface area contributed by atoms with Crippen LogP contribution in [-0.4, -0.2) is 11.5 Å². The molecule has 19 heavy (non-hydrogen) atoms. The number of halogens is 2. The van der Waals surface area contributed by atoms with Crippen molar-refractivity contribution in [2.75, 3.05) is 11.9 Å². The second kappa shape index (κ2) is 7.01. The van der Waals surface area contributed by atoms with Gasteiger partial charge in [-0.1, -0.05) is 26.7 Å². The van der Waals surface area contributed by atoms with Crippen LogP contribution in [0.3, 0.4) is 0 Å². The van der Waals surface area contributed by atoms with Gasteiger partial charge in [0.25, 0.3) is 5.69 Å². The van der Waals surface area contributed by atoms with Gasteiger partial charge in [0.2, 0.25) is 0 Å². The zero-order chi connectivity index (χ0) is 14.4. The number of nitro groups is 1. The minimum Gasteiger partial charge on any atom is -0.377 e. The molecule has 0 aliphatic carbocycles. The highest BCUT2D eigenvalue weighted by Gasteiger charge is 2.20. The number of unbranched alkanes of at least 4 members (excludes halogenated alkanes) is 1. The summed E-state index contributed by atoms with van der Waals surface area (Å²) in [6, 6.07) is 1.73. The average Bonchev–Trinajstić information content (AvgIpc) is 2.33. The zero-order valence-electron chi connectivity index (χ0n) is 11.1. The number of benzene rings is 1. The van der Waals surface area contributed by atoms with E-state index in [0.717, 1.165) is 31.4 Å². The van der Waals surface area contributed by atoms with Gasteiger partial charge in [-0.3, -0.25) is 10.1 Å². The fraction of sp³-hybridized carbons (Fsp3) is 0.538. The van der Waals surface area contributed by atoms with E-state index in [4.69, 9.17) is 0 Å². The molecule has 0 fully saturated rings. The molecule has 1 rings (SSSR count). The molecule has 0 spiro atoms. The molecule has 0 heterocycles. The van der Waals surface area contributed by atoms with E-state index < -0.39 is 22.2 Å². The van der Waals surface area contributed by atoms with Crippen molar-refractivity contribution in [2.45, 2.75) is 33.1 Å². The van der Waals surface area contributed by atoms with Crippen molar-refractivity contribution in [3.63, 3.8) is 0 Å². The highest BCUT2D eigenvalue weighted by molar-refractivity contribution is 5.62. The number of hydrogen-bond acceptors (Lipinski definition) is 3. The van der Waals surface area contributed by atoms with Gasteiger partial charge in [0.1, 0.15) is 0 Å². The van der Waals surface area contributed by atoms with Gasteiger partial charge in [-0.25, -0.2) is 8.78 Å². The Hall–Kier alpha value is -1.72. The summed E-state index contributed by atoms with van der Waals surface area (Å²) in [6.45, 7) is 4.59. The van der Waals surface area contributed by atoms with Crippen molar-refractivity contribution < 1.29 is 13.7 Å². The van der Waals surface area contributed by atoms with Gasteiger partial charge in [0.05, 0.1) is 4.92 Å². The SMILES string of the molecule is CC(C)CCCCNc1c([N+](=O)[O-])ccc(F)c1F. The molecule has 1 N–H and O–H groups in total. The predicted molar refractivity (Wildman–Crippen MR) is 70.2 cm³/mol. The first-order chi connectivity index (χ1) is 8.93. The molecule has 0 aromatic heterocycles. The standard InChI is InChI=1S/C13H18F2N2O2/c1-9(2)5-3-4-8-16-13-11(17(18)19)7-6-10(14)12(13)15/h6-7,9,16H,3-5,8H2,1-2H3. The summed E-state index contributed by atoms with van der Waals surface area (Å²) in [4.78, 5) is 10.0. The lowest BCUT2D eigenvalue weighted by molar-refractivity contribution is -0.384. The predicted octanol–water partition coefficient (Wildman–Crippen LogP) is 4.11. The van der Waals surface area contributed by atoms with Crippen LogP contribution in [0.4, 0.5) is 20.2 Å². The van der Waals surface area contributed by atoms with Crippen LogP contribution in [0.15, 0.2) is 12.1 Å². The lowest BCUT2D eigenvalue weighted by Gasteiger charge is -2.09. The van der Waals surface area contributed by atoms with Crippen LogP contribution < -0.4 is 5.32 Å². The zero-order valence-corrected chi connectivity index (χ0v) is 11.1. The van der Waals surface area contributed by atoms with Crippen LogP contribution in [0, 0.1) is 27.7 Å². The monoisotopic (exact) mass is 272 g/mol. The Morgan fingerprint density at radius 3 is 2.58 bits per heavy atom. The first-order valence-corrected chi connectivity index (χ1v) is 6.29. The van der Waals surface area contributed by atoms with Gasteiger partial charge in [-0.05, 0) is 18.4 Å². The molecule has 0 amide bonds. The van der Waals surface area contributed by atoms with Crippen LogP contribution in [0.5, 0.6) is 0 Å². The molecule has 0 unspecified atom stereocenters. The minimum atomic E-state index is -1.20. The summed E-state index contributed by atoms with van der Waals surface area (Å²) >= 11 is 0. The Labute approximate surface area is 111 Å². The number of nitrogens with zero attached hydrogens (tertiary/aromatic N) is 1. The van der Waals surface area contributed by atoms with E-state index in [1.807, 2.05) is 0 Å². The normalized spacial score (nSPS) is 10.8. The molecule has 0 atom stereocenters. The van der Waals surface area contributed by atoms with E-state index in [9.17, 15) is 18.9 Å². The molecule has 0 saturated carbocycles. The molecule has 0 radical (unpaired) electrons. The second-order valence-corrected chi connectivity index (χ2v) is 4.83. The Balaban J connectivity index is 2.66. The molecular weight excluding hydrogens is 254 g/mol. The molecule has 0 aliphatic heterocycles. The first-order valence-electron chi connectivity index (χ1n) is 6.29. The van der Waals surface area contributed by atoms with Crippen LogP contribution in [0.25, 0.3) is 0 Å². The third-order valence-corrected chi connectivity index (χ3v) is 2.78. The van der Waals surface area contributed by atoms with Crippen molar-refractivity contribution >= 4 is 11.4 Å². The lowest BCUT2D eigenvalue weighted by atomic mass is 10.1. The van der Waals surface area contributed by atoms with Crippen molar-refractivity contribution in [1.82, 2.24) is 0 Å². The molecular formula is C13H18F2N2O2. The van der Waals surface area contributed by atoms with Gasteiger partial charge in [0.15, 0.2) is 17.3 Å². The summed E-state index contributed by atoms with van der Waals surface area (Å²) in [5.74, 6) is -1.70. The maximum atomic E-state index is 13.5. The molecule has 1 aromatic rings. The van der Waals surface area contributed by atoms with Gasteiger partial charge in [-0.2, -0.15) is 0 Å². The minimum absolute atomic E-state index is 0.366. The Morgan fingerprint density at radius 1 is 1.32 bits per heavy atom. The van der Waals surface area contributed by atoms with E-state index in [-0.39, 0.29) is 5.69 Å². The van der Waals surface area contributed by atoms with E-state index >= 15 is 0 Å². The molecule has 0 bridgehead atoms. The fourth-order valence-electron chi connectivity index (χ4n) is 1.75. The quantitative estimate of drug-likeness (QED) is 0.461. The van der Waals surface area contributed by atoms with Crippen molar-refractivity contribution in [3.8, 4) is 0 Å². The smallest absolute Gasteiger partial charge is 0.295 e. The number of nitrogens with one attached hydrogen (secondary N) is 1. The Morgan fingerprint density at radius 2 is 2.00 bits per heavy atom. The van der Waals surface area contributed by atoms with Gasteiger partial charge < -0.3 is 5.32 Å². The van der Waals surface area contributed by atoms with Crippen LogP contribution in [0.2, 0.25) is 0 Å². The van der Waals surface area contributed by atoms with E-state index in [1.54, 1.807) is 0 Å². The molecule has 106 valence electrons. The maximum absolute atomic E-state index is 13.5. The summed E-state index contributed by atoms with van der Waals surface area (Å²) in [5, 5.41) is 13.4. The lowest BCUT2D eigenvalue weighted by Crippen LogP contribution is -2.08. The molecule has 4 nitrogen and oxygen atoms in total. The highest BCUT2D eigenvalue weighted by atomic mass is 19.2. The molecule has 0 aliphatic rings. The largest absolute Gasteiger partial charge is 0.377 e. The molecule has 6 heteroatoms. The second-order valence-electron chi connectivity index (χ2n) is 4.83. The first kappa shape index (κ1) is 15.3. The average molecular weight is 272 g/mol. The van der Waals surface area contributed by atoms with E-state index in [2.05, 4.69) is 19.2 Å². The van der Waals surface area contributed by atoms with Gasteiger partial charge >= 0.3 is 0 Å². The van der Waals surface area contributed by atoms with Crippen molar-refractivity contribution in [3.05, 3.63) is 33.9 Å². The summed E-state index contributed by atoms with van der Waals surface area (Å²) in [7, 11) is 0. The summed E-state index contributed by atoms with van der Waals surface area (Å²) in [5.41, 5.74) is -0.808. The van der Waals surface area contributed by atoms with Crippen LogP contribution >= 0.6 is 0 Å². The summed E-state index contributed by atoms with van der Waals surface area (Å²) < 4.78 is 26.6. The molecule has 0 saturated heterocycles. The maximum Gasteiger partial charge on any atom is 0.295 e. The third kappa shape index (κ3) is 4.46. The molecule has 1 aromatic carbocycles. The summed E-state index contributed by atoms with van der Waals surface area (Å²) in [6.07, 6.45) is 2.73. The number of nitro benzene ring substituents is 1. The van der Waals surface area contributed by atoms with E-state index in [1.165, 1.54) is 0 Å².